The van der Waals surface area contributed by atoms with E-state index in [1.165, 1.54) is 0 Å². The maximum atomic E-state index is 13.7. The molecule has 0 aromatic heterocycles. The minimum absolute atomic E-state index is 0.143. The van der Waals surface area contributed by atoms with Gasteiger partial charge in [-0.05, 0) is 65.2 Å². The van der Waals surface area contributed by atoms with Crippen molar-refractivity contribution in [2.75, 3.05) is 6.54 Å². The van der Waals surface area contributed by atoms with E-state index in [0.29, 0.717) is 11.1 Å². The molecular weight excluding hydrogens is 462 g/mol. The lowest BCUT2D eigenvalue weighted by Crippen LogP contribution is -2.54. The van der Waals surface area contributed by atoms with Gasteiger partial charge in [0.05, 0.1) is 6.07 Å². The summed E-state index contributed by atoms with van der Waals surface area (Å²) in [6.07, 6.45) is 0.359. The molecule has 0 saturated carbocycles. The molecule has 0 fully saturated rings. The summed E-state index contributed by atoms with van der Waals surface area (Å²) in [5, 5.41) is 14.9. The van der Waals surface area contributed by atoms with E-state index < -0.39 is 53.6 Å². The maximum absolute atomic E-state index is 13.7. The summed E-state index contributed by atoms with van der Waals surface area (Å²) in [6.45, 7) is 13.6. The highest BCUT2D eigenvalue weighted by Crippen LogP contribution is 2.25. The Labute approximate surface area is 212 Å². The minimum atomic E-state index is -1.27. The van der Waals surface area contributed by atoms with E-state index in [1.807, 2.05) is 6.07 Å². The molecule has 0 saturated heterocycles. The van der Waals surface area contributed by atoms with E-state index in [0.717, 1.165) is 4.90 Å². The summed E-state index contributed by atoms with van der Waals surface area (Å²) in [7, 11) is 0. The van der Waals surface area contributed by atoms with E-state index in [9.17, 15) is 24.4 Å². The van der Waals surface area contributed by atoms with Crippen LogP contribution < -0.4 is 16.4 Å². The van der Waals surface area contributed by atoms with E-state index in [1.54, 1.807) is 71.9 Å². The number of nitriles is 1. The second-order valence-electron chi connectivity index (χ2n) is 10.3. The molecule has 2 unspecified atom stereocenters. The number of carbonyl (C=O) groups is 4. The molecule has 2 atom stereocenters. The molecule has 1 aromatic rings. The number of hydrogen-bond acceptors (Lipinski definition) is 6. The number of rotatable bonds is 10. The van der Waals surface area contributed by atoms with E-state index >= 15 is 0 Å². The van der Waals surface area contributed by atoms with Gasteiger partial charge in [-0.15, -0.1) is 0 Å². The first-order valence-electron chi connectivity index (χ1n) is 11.6. The molecule has 36 heavy (non-hydrogen) atoms. The Kier molecular flexibility index (Phi) is 10.7. The van der Waals surface area contributed by atoms with Gasteiger partial charge < -0.3 is 26.0 Å². The molecule has 0 aliphatic carbocycles. The number of carbonyl (C=O) groups excluding carboxylic acids is 4. The highest BCUT2D eigenvalue weighted by Gasteiger charge is 2.37. The van der Waals surface area contributed by atoms with Crippen LogP contribution in [0.4, 0.5) is 4.79 Å². The Morgan fingerprint density at radius 1 is 1.19 bits per heavy atom. The zero-order chi connectivity index (χ0) is 27.7. The van der Waals surface area contributed by atoms with Gasteiger partial charge in [0.1, 0.15) is 24.2 Å². The Hall–Kier alpha value is -3.87. The number of alkyl carbamates (subject to hydrolysis) is 1. The number of primary amides is 1. The van der Waals surface area contributed by atoms with Gasteiger partial charge in [0.25, 0.3) is 0 Å². The van der Waals surface area contributed by atoms with Crippen LogP contribution in [-0.4, -0.2) is 52.4 Å². The molecule has 0 aliphatic rings. The van der Waals surface area contributed by atoms with Crippen molar-refractivity contribution in [1.29, 1.82) is 5.26 Å². The smallest absolute Gasteiger partial charge is 0.408 e. The first kappa shape index (κ1) is 30.2. The zero-order valence-electron chi connectivity index (χ0n) is 21.9. The SMILES string of the molecule is C=Cc1cccc(C(C(=O)NC(C)(C)C)N(CC#N)C(=O)C(CCC(N)=O)NC(=O)OC(C)(C)C)c1. The van der Waals surface area contributed by atoms with Gasteiger partial charge in [0.2, 0.25) is 17.7 Å². The Morgan fingerprint density at radius 3 is 2.33 bits per heavy atom. The van der Waals surface area contributed by atoms with Crippen LogP contribution in [-0.2, 0) is 19.1 Å². The second kappa shape index (κ2) is 12.7. The fourth-order valence-corrected chi connectivity index (χ4v) is 3.33. The van der Waals surface area contributed by atoms with Crippen molar-refractivity contribution in [2.45, 2.75) is 77.6 Å². The lowest BCUT2D eigenvalue weighted by atomic mass is 9.98. The number of ether oxygens (including phenoxy) is 1. The van der Waals surface area contributed by atoms with Gasteiger partial charge in [0.15, 0.2) is 0 Å². The lowest BCUT2D eigenvalue weighted by molar-refractivity contribution is -0.142. The van der Waals surface area contributed by atoms with Crippen molar-refractivity contribution in [3.05, 3.63) is 42.0 Å². The third-order valence-electron chi connectivity index (χ3n) is 4.71. The first-order valence-corrected chi connectivity index (χ1v) is 11.6. The highest BCUT2D eigenvalue weighted by atomic mass is 16.6. The minimum Gasteiger partial charge on any atom is -0.444 e. The Bertz CT molecular complexity index is 1020. The van der Waals surface area contributed by atoms with E-state index in [4.69, 9.17) is 10.5 Å². The number of nitrogens with zero attached hydrogens (tertiary/aromatic N) is 2. The monoisotopic (exact) mass is 499 g/mol. The van der Waals surface area contributed by atoms with Gasteiger partial charge in [-0.3, -0.25) is 14.4 Å². The largest absolute Gasteiger partial charge is 0.444 e. The summed E-state index contributed by atoms with van der Waals surface area (Å²) >= 11 is 0. The highest BCUT2D eigenvalue weighted by molar-refractivity contribution is 5.93. The van der Waals surface area contributed by atoms with Crippen LogP contribution >= 0.6 is 0 Å². The van der Waals surface area contributed by atoms with Gasteiger partial charge >= 0.3 is 6.09 Å². The van der Waals surface area contributed by atoms with Gasteiger partial charge in [0, 0.05) is 12.0 Å². The molecular formula is C26H37N5O5. The summed E-state index contributed by atoms with van der Waals surface area (Å²) < 4.78 is 5.26. The van der Waals surface area contributed by atoms with Crippen LogP contribution in [0.25, 0.3) is 6.08 Å². The van der Waals surface area contributed by atoms with Crippen LogP contribution in [0.3, 0.4) is 0 Å². The van der Waals surface area contributed by atoms with Crippen LogP contribution in [0.2, 0.25) is 0 Å². The Morgan fingerprint density at radius 2 is 1.83 bits per heavy atom. The van der Waals surface area contributed by atoms with Crippen molar-refractivity contribution in [3.63, 3.8) is 0 Å². The summed E-state index contributed by atoms with van der Waals surface area (Å²) in [4.78, 5) is 52.2. The molecule has 0 spiro atoms. The Balaban J connectivity index is 3.54. The standard InChI is InChI=1S/C26H37N5O5/c1-8-17-10-9-11-18(16-17)21(22(33)30-25(2,3)4)31(15-14-27)23(34)19(12-13-20(28)32)29-24(35)36-26(5,6)7/h8-11,16,19,21H,1,12-13,15H2,2-7H3,(H2,28,32)(H,29,35)(H,30,33). The molecule has 4 N–H and O–H groups in total. The normalized spacial score (nSPS) is 12.9. The fraction of sp³-hybridized carbons (Fsp3) is 0.500. The lowest BCUT2D eigenvalue weighted by Gasteiger charge is -2.34. The van der Waals surface area contributed by atoms with Crippen LogP contribution in [0.15, 0.2) is 30.8 Å². The van der Waals surface area contributed by atoms with Crippen molar-refractivity contribution >= 4 is 29.9 Å². The average molecular weight is 500 g/mol. The third-order valence-corrected chi connectivity index (χ3v) is 4.71. The molecule has 0 aliphatic heterocycles. The number of nitrogens with two attached hydrogens (primary N) is 1. The summed E-state index contributed by atoms with van der Waals surface area (Å²) in [6, 6.07) is 6.30. The number of hydrogen-bond donors (Lipinski definition) is 3. The molecule has 0 heterocycles. The number of benzene rings is 1. The molecule has 10 heteroatoms. The number of amides is 4. The van der Waals surface area contributed by atoms with Gasteiger partial charge in [-0.1, -0.05) is 30.9 Å². The van der Waals surface area contributed by atoms with Crippen molar-refractivity contribution in [1.82, 2.24) is 15.5 Å². The molecule has 0 radical (unpaired) electrons. The predicted octanol–water partition coefficient (Wildman–Crippen LogP) is 2.80. The van der Waals surface area contributed by atoms with Crippen molar-refractivity contribution in [3.8, 4) is 6.07 Å². The van der Waals surface area contributed by atoms with Crippen molar-refractivity contribution < 1.29 is 23.9 Å². The van der Waals surface area contributed by atoms with Crippen LogP contribution in [0, 0.1) is 11.3 Å². The fourth-order valence-electron chi connectivity index (χ4n) is 3.33. The maximum Gasteiger partial charge on any atom is 0.408 e. The molecule has 4 amide bonds. The zero-order valence-corrected chi connectivity index (χ0v) is 21.9. The molecule has 1 rings (SSSR count). The van der Waals surface area contributed by atoms with Crippen LogP contribution in [0.5, 0.6) is 0 Å². The molecule has 0 bridgehead atoms. The van der Waals surface area contributed by atoms with Crippen LogP contribution in [0.1, 0.15) is 71.6 Å². The summed E-state index contributed by atoms with van der Waals surface area (Å²) in [5.74, 6) is -1.92. The van der Waals surface area contributed by atoms with Gasteiger partial charge in [-0.2, -0.15) is 5.26 Å². The molecule has 10 nitrogen and oxygen atoms in total. The second-order valence-corrected chi connectivity index (χ2v) is 10.3. The molecule has 1 aromatic carbocycles. The summed E-state index contributed by atoms with van der Waals surface area (Å²) in [5.41, 5.74) is 4.96. The average Bonchev–Trinajstić information content (AvgIpc) is 2.73. The third kappa shape index (κ3) is 10.2. The van der Waals surface area contributed by atoms with E-state index in [2.05, 4.69) is 17.2 Å². The molecule has 196 valence electrons. The quantitative estimate of drug-likeness (QED) is 0.421. The van der Waals surface area contributed by atoms with Crippen molar-refractivity contribution in [2.24, 2.45) is 5.73 Å². The first-order chi connectivity index (χ1) is 16.6. The predicted molar refractivity (Wildman–Crippen MR) is 136 cm³/mol. The topological polar surface area (TPSA) is 155 Å². The number of nitrogens with one attached hydrogen (secondary N) is 2. The van der Waals surface area contributed by atoms with E-state index in [-0.39, 0.29) is 12.8 Å². The van der Waals surface area contributed by atoms with Gasteiger partial charge in [-0.25, -0.2) is 4.79 Å².